The first-order chi connectivity index (χ1) is 8.89. The van der Waals surface area contributed by atoms with Crippen molar-refractivity contribution in [3.8, 4) is 0 Å². The Morgan fingerprint density at radius 2 is 2.32 bits per heavy atom. The van der Waals surface area contributed by atoms with Crippen LogP contribution in [0.3, 0.4) is 0 Å². The molecule has 4 nitrogen and oxygen atoms in total. The van der Waals surface area contributed by atoms with Gasteiger partial charge in [-0.1, -0.05) is 19.9 Å². The van der Waals surface area contributed by atoms with Crippen LogP contribution in [0.4, 0.5) is 0 Å². The van der Waals surface area contributed by atoms with Gasteiger partial charge in [-0.05, 0) is 25.7 Å². The number of carbonyl (C=O) groups excluding carboxylic acids is 2. The van der Waals surface area contributed by atoms with Gasteiger partial charge in [0.25, 0.3) is 0 Å². The van der Waals surface area contributed by atoms with E-state index in [4.69, 9.17) is 4.74 Å². The summed E-state index contributed by atoms with van der Waals surface area (Å²) in [5.41, 5.74) is 0.334. The lowest BCUT2D eigenvalue weighted by molar-refractivity contribution is -0.126. The molecule has 2 heterocycles. The quantitative estimate of drug-likeness (QED) is 0.827. The van der Waals surface area contributed by atoms with Crippen molar-refractivity contribution in [3.05, 3.63) is 11.6 Å². The highest BCUT2D eigenvalue weighted by Gasteiger charge is 2.41. The Morgan fingerprint density at radius 3 is 2.89 bits per heavy atom. The number of carbonyl (C=O) groups is 2. The number of ketones is 1. The van der Waals surface area contributed by atoms with Crippen LogP contribution in [0.25, 0.3) is 0 Å². The number of hydrogen-bond donors (Lipinski definition) is 1. The summed E-state index contributed by atoms with van der Waals surface area (Å²) in [4.78, 5) is 23.5. The molecule has 0 radical (unpaired) electrons. The fourth-order valence-corrected chi connectivity index (χ4v) is 2.92. The van der Waals surface area contributed by atoms with Gasteiger partial charge in [0.15, 0.2) is 0 Å². The number of ether oxygens (including phenoxy) is 1. The highest BCUT2D eigenvalue weighted by atomic mass is 16.5. The molecular weight excluding hydrogens is 242 g/mol. The van der Waals surface area contributed by atoms with Gasteiger partial charge in [-0.25, -0.2) is 0 Å². The van der Waals surface area contributed by atoms with Gasteiger partial charge in [-0.15, -0.1) is 0 Å². The molecule has 0 saturated carbocycles. The van der Waals surface area contributed by atoms with Crippen LogP contribution in [-0.4, -0.2) is 29.9 Å². The average molecular weight is 265 g/mol. The van der Waals surface area contributed by atoms with Crippen molar-refractivity contribution in [3.63, 3.8) is 0 Å². The Labute approximate surface area is 114 Å². The zero-order chi connectivity index (χ0) is 14.0. The lowest BCUT2D eigenvalue weighted by atomic mass is 9.92. The molecule has 0 aromatic carbocycles. The van der Waals surface area contributed by atoms with Gasteiger partial charge in [0.05, 0.1) is 11.7 Å². The zero-order valence-electron chi connectivity index (χ0n) is 12.0. The van der Waals surface area contributed by atoms with Gasteiger partial charge in [0, 0.05) is 25.0 Å². The van der Waals surface area contributed by atoms with E-state index in [1.807, 2.05) is 26.8 Å². The number of nitrogens with one attached hydrogen (secondary N) is 1. The minimum atomic E-state index is -0.402. The SMILES string of the molecule is CC(C)CC(=O)C[C@]1(C)CC[C@@H](C2=CCNC2=O)O1. The first-order valence-corrected chi connectivity index (χ1v) is 7.07. The van der Waals surface area contributed by atoms with Crippen molar-refractivity contribution in [2.75, 3.05) is 6.54 Å². The molecule has 2 atom stereocenters. The molecule has 2 aliphatic heterocycles. The molecule has 0 aromatic heterocycles. The van der Waals surface area contributed by atoms with Gasteiger partial charge in [-0.2, -0.15) is 0 Å². The van der Waals surface area contributed by atoms with Crippen LogP contribution in [-0.2, 0) is 14.3 Å². The summed E-state index contributed by atoms with van der Waals surface area (Å²) < 4.78 is 6.01. The Morgan fingerprint density at radius 1 is 1.58 bits per heavy atom. The van der Waals surface area contributed by atoms with E-state index >= 15 is 0 Å². The van der Waals surface area contributed by atoms with Crippen molar-refractivity contribution in [1.29, 1.82) is 0 Å². The van der Waals surface area contributed by atoms with E-state index < -0.39 is 5.60 Å². The van der Waals surface area contributed by atoms with E-state index in [1.54, 1.807) is 0 Å². The third-order valence-electron chi connectivity index (χ3n) is 3.76. The predicted octanol–water partition coefficient (Wildman–Crippen LogP) is 1.99. The molecule has 0 spiro atoms. The fraction of sp³-hybridized carbons (Fsp3) is 0.733. The smallest absolute Gasteiger partial charge is 0.249 e. The molecule has 4 heteroatoms. The second-order valence-electron chi connectivity index (χ2n) is 6.28. The fourth-order valence-electron chi connectivity index (χ4n) is 2.92. The molecule has 2 rings (SSSR count). The maximum atomic E-state index is 11.9. The number of amides is 1. The van der Waals surface area contributed by atoms with Crippen LogP contribution in [0.2, 0.25) is 0 Å². The van der Waals surface area contributed by atoms with E-state index in [0.29, 0.717) is 25.3 Å². The van der Waals surface area contributed by atoms with Crippen LogP contribution in [0.5, 0.6) is 0 Å². The van der Waals surface area contributed by atoms with Gasteiger partial charge in [-0.3, -0.25) is 9.59 Å². The third-order valence-corrected chi connectivity index (χ3v) is 3.76. The van der Waals surface area contributed by atoms with Crippen LogP contribution in [0, 0.1) is 5.92 Å². The molecule has 106 valence electrons. The minimum Gasteiger partial charge on any atom is -0.367 e. The summed E-state index contributed by atoms with van der Waals surface area (Å²) in [5, 5.41) is 2.76. The van der Waals surface area contributed by atoms with Crippen molar-refractivity contribution in [2.45, 2.75) is 58.2 Å². The molecule has 19 heavy (non-hydrogen) atoms. The second-order valence-corrected chi connectivity index (χ2v) is 6.28. The van der Waals surface area contributed by atoms with Gasteiger partial charge < -0.3 is 10.1 Å². The molecule has 0 aromatic rings. The Bertz CT molecular complexity index is 414. The largest absolute Gasteiger partial charge is 0.367 e. The highest BCUT2D eigenvalue weighted by Crippen LogP contribution is 2.37. The van der Waals surface area contributed by atoms with Gasteiger partial charge >= 0.3 is 0 Å². The van der Waals surface area contributed by atoms with Crippen LogP contribution in [0.1, 0.15) is 46.5 Å². The maximum Gasteiger partial charge on any atom is 0.249 e. The number of rotatable bonds is 5. The Hall–Kier alpha value is -1.16. The number of Topliss-reactive ketones (excluding diaryl/α,β-unsaturated/α-hetero) is 1. The van der Waals surface area contributed by atoms with Crippen molar-refractivity contribution < 1.29 is 14.3 Å². The summed E-state index contributed by atoms with van der Waals surface area (Å²) in [6.45, 7) is 6.67. The van der Waals surface area contributed by atoms with E-state index in [9.17, 15) is 9.59 Å². The highest BCUT2D eigenvalue weighted by molar-refractivity contribution is 5.96. The summed E-state index contributed by atoms with van der Waals surface area (Å²) in [6.07, 6.45) is 4.48. The molecular formula is C15H23NO3. The minimum absolute atomic E-state index is 0.0252. The van der Waals surface area contributed by atoms with E-state index in [2.05, 4.69) is 5.32 Å². The molecule has 1 N–H and O–H groups in total. The standard InChI is InChI=1S/C15H23NO3/c1-10(2)8-11(17)9-15(3)6-4-13(19-15)12-5-7-16-14(12)18/h5,10,13H,4,6-9H2,1-3H3,(H,16,18)/t13-,15-/m0/s1. The first-order valence-electron chi connectivity index (χ1n) is 7.07. The monoisotopic (exact) mass is 265 g/mol. The summed E-state index contributed by atoms with van der Waals surface area (Å²) >= 11 is 0. The van der Waals surface area contributed by atoms with Gasteiger partial charge in [0.1, 0.15) is 5.78 Å². The molecule has 1 saturated heterocycles. The first kappa shape index (κ1) is 14.3. The van der Waals surface area contributed by atoms with Crippen molar-refractivity contribution in [1.82, 2.24) is 5.32 Å². The van der Waals surface area contributed by atoms with Crippen LogP contribution in [0.15, 0.2) is 11.6 Å². The molecule has 0 bridgehead atoms. The average Bonchev–Trinajstić information content (AvgIpc) is 2.83. The summed E-state index contributed by atoms with van der Waals surface area (Å²) in [6, 6.07) is 0. The Kier molecular flexibility index (Phi) is 4.09. The van der Waals surface area contributed by atoms with E-state index in [-0.39, 0.29) is 17.8 Å². The Balaban J connectivity index is 1.93. The lowest BCUT2D eigenvalue weighted by Gasteiger charge is -2.24. The lowest BCUT2D eigenvalue weighted by Crippen LogP contribution is -2.31. The third kappa shape index (κ3) is 3.44. The molecule has 1 fully saturated rings. The topological polar surface area (TPSA) is 55.4 Å². The van der Waals surface area contributed by atoms with Crippen molar-refractivity contribution in [2.24, 2.45) is 5.92 Å². The van der Waals surface area contributed by atoms with E-state index in [0.717, 1.165) is 18.4 Å². The summed E-state index contributed by atoms with van der Waals surface area (Å²) in [5.74, 6) is 0.613. The second kappa shape index (κ2) is 5.45. The van der Waals surface area contributed by atoms with Crippen LogP contribution < -0.4 is 5.32 Å². The van der Waals surface area contributed by atoms with Gasteiger partial charge in [0.2, 0.25) is 5.91 Å². The number of hydrogen-bond acceptors (Lipinski definition) is 3. The maximum absolute atomic E-state index is 11.9. The molecule has 0 aliphatic carbocycles. The molecule has 0 unspecified atom stereocenters. The van der Waals surface area contributed by atoms with Crippen molar-refractivity contribution >= 4 is 11.7 Å². The van der Waals surface area contributed by atoms with E-state index in [1.165, 1.54) is 0 Å². The predicted molar refractivity (Wildman–Crippen MR) is 72.7 cm³/mol. The zero-order valence-corrected chi connectivity index (χ0v) is 12.0. The summed E-state index contributed by atoms with van der Waals surface area (Å²) in [7, 11) is 0. The molecule has 1 amide bonds. The normalized spacial score (nSPS) is 30.6. The molecule has 2 aliphatic rings. The van der Waals surface area contributed by atoms with Crippen LogP contribution >= 0.6 is 0 Å².